The van der Waals surface area contributed by atoms with Crippen molar-refractivity contribution < 1.29 is 14.3 Å². The fourth-order valence-corrected chi connectivity index (χ4v) is 3.29. The van der Waals surface area contributed by atoms with Gasteiger partial charge < -0.3 is 10.5 Å². The molecule has 0 radical (unpaired) electrons. The van der Waals surface area contributed by atoms with E-state index in [-0.39, 0.29) is 17.0 Å². The SMILES string of the molecule is CC(C)(C)OC(=O)C1=C(Cl)CSC2[C@H](N)C(=O)N12. The summed E-state index contributed by atoms with van der Waals surface area (Å²) in [5, 5.41) is 0.133. The van der Waals surface area contributed by atoms with E-state index in [1.54, 1.807) is 20.8 Å². The molecule has 1 fully saturated rings. The fourth-order valence-electron chi connectivity index (χ4n) is 1.80. The predicted molar refractivity (Wildman–Crippen MR) is 69.8 cm³/mol. The van der Waals surface area contributed by atoms with Crippen LogP contribution in [0.4, 0.5) is 0 Å². The van der Waals surface area contributed by atoms with Crippen LogP contribution in [0.3, 0.4) is 0 Å². The molecule has 2 aliphatic heterocycles. The number of nitrogens with two attached hydrogens (primary N) is 1. The first-order valence-corrected chi connectivity index (χ1v) is 6.97. The van der Waals surface area contributed by atoms with Gasteiger partial charge in [-0.15, -0.1) is 11.8 Å². The van der Waals surface area contributed by atoms with Gasteiger partial charge in [-0.25, -0.2) is 4.79 Å². The number of amides is 1. The molecule has 2 aliphatic rings. The van der Waals surface area contributed by atoms with Gasteiger partial charge in [0.2, 0.25) is 5.91 Å². The van der Waals surface area contributed by atoms with Crippen molar-refractivity contribution in [2.24, 2.45) is 5.73 Å². The maximum Gasteiger partial charge on any atom is 0.356 e. The van der Waals surface area contributed by atoms with Gasteiger partial charge in [0, 0.05) is 5.75 Å². The van der Waals surface area contributed by atoms with Crippen LogP contribution in [0.2, 0.25) is 0 Å². The molecule has 5 nitrogen and oxygen atoms in total. The Hall–Kier alpha value is -0.720. The fraction of sp³-hybridized carbons (Fsp3) is 0.636. The monoisotopic (exact) mass is 290 g/mol. The maximum atomic E-state index is 12.1. The Bertz CT molecular complexity index is 444. The summed E-state index contributed by atoms with van der Waals surface area (Å²) in [5.74, 6) is -0.387. The largest absolute Gasteiger partial charge is 0.455 e. The lowest BCUT2D eigenvalue weighted by Gasteiger charge is -2.47. The Balaban J connectivity index is 2.25. The number of halogens is 1. The molecule has 2 N–H and O–H groups in total. The Morgan fingerprint density at radius 2 is 2.17 bits per heavy atom. The van der Waals surface area contributed by atoms with Gasteiger partial charge in [0.25, 0.3) is 0 Å². The predicted octanol–water partition coefficient (Wildman–Crippen LogP) is 1.02. The Morgan fingerprint density at radius 3 is 2.72 bits per heavy atom. The highest BCUT2D eigenvalue weighted by Gasteiger charge is 2.52. The molecule has 0 bridgehead atoms. The summed E-state index contributed by atoms with van der Waals surface area (Å²) in [6, 6.07) is -0.558. The molecule has 0 saturated carbocycles. The van der Waals surface area contributed by atoms with Crippen molar-refractivity contribution >= 4 is 35.2 Å². The Morgan fingerprint density at radius 1 is 1.56 bits per heavy atom. The molecule has 0 aromatic rings. The highest BCUT2D eigenvalue weighted by molar-refractivity contribution is 8.00. The van der Waals surface area contributed by atoms with Crippen molar-refractivity contribution in [2.75, 3.05) is 5.75 Å². The summed E-state index contributed by atoms with van der Waals surface area (Å²) in [4.78, 5) is 25.1. The summed E-state index contributed by atoms with van der Waals surface area (Å²) in [6.45, 7) is 5.29. The van der Waals surface area contributed by atoms with Gasteiger partial charge in [-0.1, -0.05) is 11.6 Å². The number of thioether (sulfide) groups is 1. The van der Waals surface area contributed by atoms with Crippen LogP contribution in [-0.4, -0.2) is 39.5 Å². The minimum absolute atomic E-state index is 0.141. The Labute approximate surface area is 115 Å². The molecular formula is C11H15ClN2O3S. The second-order valence-electron chi connectivity index (χ2n) is 5.19. The molecule has 2 rings (SSSR count). The van der Waals surface area contributed by atoms with E-state index in [1.807, 2.05) is 0 Å². The first-order valence-electron chi connectivity index (χ1n) is 5.54. The zero-order chi connectivity index (χ0) is 13.7. The van der Waals surface area contributed by atoms with E-state index in [2.05, 4.69) is 0 Å². The van der Waals surface area contributed by atoms with Gasteiger partial charge in [-0.2, -0.15) is 0 Å². The quantitative estimate of drug-likeness (QED) is 0.577. The van der Waals surface area contributed by atoms with E-state index in [0.717, 1.165) is 0 Å². The third-order valence-corrected chi connectivity index (χ3v) is 4.33. The number of hydrogen-bond donors (Lipinski definition) is 1. The number of nitrogens with zero attached hydrogens (tertiary/aromatic N) is 1. The second kappa shape index (κ2) is 4.43. The average molecular weight is 291 g/mol. The zero-order valence-electron chi connectivity index (χ0n) is 10.4. The van der Waals surface area contributed by atoms with Gasteiger partial charge in [0.15, 0.2) is 0 Å². The number of rotatable bonds is 1. The van der Waals surface area contributed by atoms with Crippen LogP contribution in [-0.2, 0) is 14.3 Å². The van der Waals surface area contributed by atoms with Crippen molar-refractivity contribution in [3.05, 3.63) is 10.7 Å². The lowest BCUT2D eigenvalue weighted by atomic mass is 10.1. The number of carbonyl (C=O) groups excluding carboxylic acids is 2. The first kappa shape index (κ1) is 13.7. The minimum Gasteiger partial charge on any atom is -0.455 e. The van der Waals surface area contributed by atoms with E-state index >= 15 is 0 Å². The third kappa shape index (κ3) is 2.24. The van der Waals surface area contributed by atoms with Gasteiger partial charge in [0.05, 0.1) is 5.03 Å². The van der Waals surface area contributed by atoms with Crippen molar-refractivity contribution in [3.63, 3.8) is 0 Å². The molecule has 0 aliphatic carbocycles. The highest BCUT2D eigenvalue weighted by atomic mass is 35.5. The maximum absolute atomic E-state index is 12.1. The van der Waals surface area contributed by atoms with Crippen LogP contribution >= 0.6 is 23.4 Å². The summed E-state index contributed by atoms with van der Waals surface area (Å²) in [7, 11) is 0. The topological polar surface area (TPSA) is 72.6 Å². The standard InChI is InChI=1S/C11H15ClN2O3S/c1-11(2,3)17-10(16)7-5(12)4-18-9-6(13)8(15)14(7)9/h6,9H,4,13H2,1-3H3/t6-,9?/m1/s1. The third-order valence-electron chi connectivity index (χ3n) is 2.56. The molecule has 18 heavy (non-hydrogen) atoms. The van der Waals surface area contributed by atoms with Crippen molar-refractivity contribution in [2.45, 2.75) is 37.8 Å². The van der Waals surface area contributed by atoms with Gasteiger partial charge in [-0.05, 0) is 20.8 Å². The lowest BCUT2D eigenvalue weighted by Crippen LogP contribution is -2.68. The second-order valence-corrected chi connectivity index (χ2v) is 6.75. The molecule has 1 saturated heterocycles. The molecule has 7 heteroatoms. The van der Waals surface area contributed by atoms with Gasteiger partial charge in [0.1, 0.15) is 22.7 Å². The number of esters is 1. The van der Waals surface area contributed by atoms with Crippen molar-refractivity contribution in [1.82, 2.24) is 4.90 Å². The van der Waals surface area contributed by atoms with Crippen molar-refractivity contribution in [1.29, 1.82) is 0 Å². The summed E-state index contributed by atoms with van der Waals surface area (Å²) in [6.07, 6.45) is 0. The van der Waals surface area contributed by atoms with E-state index in [0.29, 0.717) is 10.8 Å². The van der Waals surface area contributed by atoms with E-state index in [9.17, 15) is 9.59 Å². The summed E-state index contributed by atoms with van der Waals surface area (Å²) >= 11 is 7.49. The molecule has 2 atom stereocenters. The van der Waals surface area contributed by atoms with E-state index in [4.69, 9.17) is 22.1 Å². The Kier molecular flexibility index (Phi) is 3.38. The average Bonchev–Trinajstić information content (AvgIpc) is 2.25. The van der Waals surface area contributed by atoms with Crippen molar-refractivity contribution in [3.8, 4) is 0 Å². The molecule has 1 amide bonds. The molecule has 0 aromatic carbocycles. The van der Waals surface area contributed by atoms with Crippen LogP contribution in [0.5, 0.6) is 0 Å². The molecular weight excluding hydrogens is 276 g/mol. The van der Waals surface area contributed by atoms with Crippen LogP contribution in [0, 0.1) is 0 Å². The van der Waals surface area contributed by atoms with Crippen LogP contribution in [0.1, 0.15) is 20.8 Å². The number of hydrogen-bond acceptors (Lipinski definition) is 5. The van der Waals surface area contributed by atoms with E-state index < -0.39 is 17.6 Å². The lowest BCUT2D eigenvalue weighted by molar-refractivity contribution is -0.157. The highest BCUT2D eigenvalue weighted by Crippen LogP contribution is 2.41. The summed E-state index contributed by atoms with van der Waals surface area (Å²) in [5.41, 5.74) is 5.20. The van der Waals surface area contributed by atoms with Crippen LogP contribution < -0.4 is 5.73 Å². The number of fused-ring (bicyclic) bond motifs is 1. The van der Waals surface area contributed by atoms with Gasteiger partial charge >= 0.3 is 5.97 Å². The molecule has 0 aromatic heterocycles. The van der Waals surface area contributed by atoms with Gasteiger partial charge in [-0.3, -0.25) is 9.69 Å². The number of carbonyl (C=O) groups is 2. The molecule has 1 unspecified atom stereocenters. The molecule has 100 valence electrons. The van der Waals surface area contributed by atoms with E-state index in [1.165, 1.54) is 16.7 Å². The van der Waals surface area contributed by atoms with Crippen LogP contribution in [0.25, 0.3) is 0 Å². The smallest absolute Gasteiger partial charge is 0.356 e. The normalized spacial score (nSPS) is 27.8. The zero-order valence-corrected chi connectivity index (χ0v) is 12.0. The number of β-lactam (4-membered cyclic amide) rings is 1. The molecule has 0 spiro atoms. The number of ether oxygens (including phenoxy) is 1. The molecule has 2 heterocycles. The first-order chi connectivity index (χ1) is 8.22. The minimum atomic E-state index is -0.628. The van der Waals surface area contributed by atoms with Crippen LogP contribution in [0.15, 0.2) is 10.7 Å². The summed E-state index contributed by atoms with van der Waals surface area (Å²) < 4.78 is 5.26.